The van der Waals surface area contributed by atoms with Crippen LogP contribution in [0.2, 0.25) is 0 Å². The Morgan fingerprint density at radius 1 is 1.07 bits per heavy atom. The molecule has 28 heavy (non-hydrogen) atoms. The van der Waals surface area contributed by atoms with Gasteiger partial charge in [-0.25, -0.2) is 4.79 Å². The third-order valence-electron chi connectivity index (χ3n) is 4.67. The van der Waals surface area contributed by atoms with Crippen molar-refractivity contribution in [3.05, 3.63) is 65.2 Å². The van der Waals surface area contributed by atoms with Crippen LogP contribution in [0.4, 0.5) is 0 Å². The van der Waals surface area contributed by atoms with Gasteiger partial charge in [-0.15, -0.1) is 0 Å². The summed E-state index contributed by atoms with van der Waals surface area (Å²) in [4.78, 5) is 35.4. The number of esters is 1. The van der Waals surface area contributed by atoms with Gasteiger partial charge >= 0.3 is 5.97 Å². The Morgan fingerprint density at radius 2 is 1.89 bits per heavy atom. The van der Waals surface area contributed by atoms with Gasteiger partial charge in [0.1, 0.15) is 5.75 Å². The van der Waals surface area contributed by atoms with E-state index in [1.165, 1.54) is 12.5 Å². The van der Waals surface area contributed by atoms with Crippen molar-refractivity contribution in [2.75, 3.05) is 13.2 Å². The first-order valence-electron chi connectivity index (χ1n) is 9.29. The highest BCUT2D eigenvalue weighted by atomic mass is 16.6. The highest BCUT2D eigenvalue weighted by Crippen LogP contribution is 2.29. The molecule has 1 N–H and O–H groups in total. The van der Waals surface area contributed by atoms with E-state index < -0.39 is 5.97 Å². The molecule has 3 rings (SSSR count). The van der Waals surface area contributed by atoms with E-state index in [0.717, 1.165) is 24.8 Å². The first-order valence-corrected chi connectivity index (χ1v) is 9.29. The van der Waals surface area contributed by atoms with E-state index in [2.05, 4.69) is 11.4 Å². The van der Waals surface area contributed by atoms with Crippen molar-refractivity contribution in [3.63, 3.8) is 0 Å². The number of hydrogen-bond donors (Lipinski definition) is 1. The molecule has 146 valence electrons. The molecular weight excluding hydrogens is 358 g/mol. The highest BCUT2D eigenvalue weighted by molar-refractivity contribution is 5.94. The zero-order chi connectivity index (χ0) is 19.9. The van der Waals surface area contributed by atoms with Crippen LogP contribution in [0.1, 0.15) is 47.3 Å². The van der Waals surface area contributed by atoms with Crippen molar-refractivity contribution >= 4 is 17.7 Å². The van der Waals surface area contributed by atoms with Crippen LogP contribution in [0.25, 0.3) is 0 Å². The molecule has 1 aliphatic rings. The number of carbonyl (C=O) groups excluding carboxylic acids is 3. The maximum Gasteiger partial charge on any atom is 0.344 e. The number of aryl methyl sites for hydroxylation is 1. The summed E-state index contributed by atoms with van der Waals surface area (Å²) in [5, 5.41) is 2.93. The Balaban J connectivity index is 1.44. The van der Waals surface area contributed by atoms with Gasteiger partial charge in [0.15, 0.2) is 19.0 Å². The number of carbonyl (C=O) groups is 3. The summed E-state index contributed by atoms with van der Waals surface area (Å²) in [6.45, 7) is 0.770. The van der Waals surface area contributed by atoms with Crippen molar-refractivity contribution in [2.24, 2.45) is 0 Å². The Kier molecular flexibility index (Phi) is 6.42. The second-order valence-electron chi connectivity index (χ2n) is 6.74. The molecule has 0 fully saturated rings. The van der Waals surface area contributed by atoms with Gasteiger partial charge in [-0.2, -0.15) is 0 Å². The van der Waals surface area contributed by atoms with E-state index in [-0.39, 0.29) is 30.9 Å². The Labute approximate surface area is 163 Å². The monoisotopic (exact) mass is 381 g/mol. The van der Waals surface area contributed by atoms with Gasteiger partial charge in [-0.3, -0.25) is 9.59 Å². The van der Waals surface area contributed by atoms with Gasteiger partial charge < -0.3 is 14.8 Å². The Morgan fingerprint density at radius 3 is 2.71 bits per heavy atom. The molecule has 1 amide bonds. The minimum atomic E-state index is -0.646. The molecule has 6 heteroatoms. The minimum absolute atomic E-state index is 0.0540. The molecule has 0 saturated heterocycles. The van der Waals surface area contributed by atoms with Gasteiger partial charge in [0.2, 0.25) is 0 Å². The fourth-order valence-electron chi connectivity index (χ4n) is 3.27. The third-order valence-corrected chi connectivity index (χ3v) is 4.67. The lowest BCUT2D eigenvalue weighted by Crippen LogP contribution is -2.34. The van der Waals surface area contributed by atoms with Crippen LogP contribution in [0.5, 0.6) is 5.75 Å². The lowest BCUT2D eigenvalue weighted by Gasteiger charge is -2.26. The quantitative estimate of drug-likeness (QED) is 0.589. The number of ketones is 1. The molecule has 0 radical (unpaired) electrons. The van der Waals surface area contributed by atoms with Crippen LogP contribution in [-0.4, -0.2) is 30.9 Å². The number of hydrogen-bond acceptors (Lipinski definition) is 5. The maximum atomic E-state index is 12.2. The largest absolute Gasteiger partial charge is 0.482 e. The molecule has 0 aromatic heterocycles. The minimum Gasteiger partial charge on any atom is -0.482 e. The lowest BCUT2D eigenvalue weighted by atomic mass is 9.88. The van der Waals surface area contributed by atoms with E-state index >= 15 is 0 Å². The first kappa shape index (κ1) is 19.6. The molecule has 6 nitrogen and oxygen atoms in total. The summed E-state index contributed by atoms with van der Waals surface area (Å²) < 4.78 is 10.3. The predicted molar refractivity (Wildman–Crippen MR) is 103 cm³/mol. The molecule has 0 saturated carbocycles. The first-order chi connectivity index (χ1) is 13.5. The van der Waals surface area contributed by atoms with Crippen LogP contribution in [0.15, 0.2) is 48.5 Å². The number of benzene rings is 2. The normalized spacial score (nSPS) is 15.2. The SMILES string of the molecule is CC(=O)c1cccc(OCC(=O)OCC(=O)N[C@@H]2CCCc3ccccc32)c1. The van der Waals surface area contributed by atoms with Crippen molar-refractivity contribution in [1.82, 2.24) is 5.32 Å². The standard InChI is InChI=1S/C22H23NO5/c1-15(24)17-8-4-9-18(12-17)27-14-22(26)28-13-21(25)23-20-11-5-7-16-6-2-3-10-19(16)20/h2-4,6,8-10,12,20H,5,7,11,13-14H2,1H3,(H,23,25)/t20-/m1/s1. The van der Waals surface area contributed by atoms with Crippen LogP contribution in [0, 0.1) is 0 Å². The van der Waals surface area contributed by atoms with Crippen molar-refractivity contribution in [3.8, 4) is 5.75 Å². The Bertz CT molecular complexity index is 877. The van der Waals surface area contributed by atoms with Crippen LogP contribution >= 0.6 is 0 Å². The fraction of sp³-hybridized carbons (Fsp3) is 0.318. The molecule has 2 aromatic rings. The summed E-state index contributed by atoms with van der Waals surface area (Å²) in [5.41, 5.74) is 2.87. The van der Waals surface area contributed by atoms with Crippen molar-refractivity contribution in [1.29, 1.82) is 0 Å². The zero-order valence-corrected chi connectivity index (χ0v) is 15.8. The molecule has 1 atom stereocenters. The molecule has 2 aromatic carbocycles. The van der Waals surface area contributed by atoms with Crippen LogP contribution in [-0.2, 0) is 20.7 Å². The highest BCUT2D eigenvalue weighted by Gasteiger charge is 2.21. The topological polar surface area (TPSA) is 81.7 Å². The predicted octanol–water partition coefficient (Wildman–Crippen LogP) is 3.01. The second-order valence-corrected chi connectivity index (χ2v) is 6.74. The van der Waals surface area contributed by atoms with Crippen LogP contribution in [0.3, 0.4) is 0 Å². The number of Topliss-reactive ketones (excluding diaryl/α,β-unsaturated/α-hetero) is 1. The number of fused-ring (bicyclic) bond motifs is 1. The van der Waals surface area contributed by atoms with Crippen molar-refractivity contribution in [2.45, 2.75) is 32.2 Å². The van der Waals surface area contributed by atoms with E-state index in [1.807, 2.05) is 18.2 Å². The van der Waals surface area contributed by atoms with E-state index in [1.54, 1.807) is 24.3 Å². The number of nitrogens with one attached hydrogen (secondary N) is 1. The van der Waals surface area contributed by atoms with E-state index in [9.17, 15) is 14.4 Å². The van der Waals surface area contributed by atoms with Gasteiger partial charge in [0, 0.05) is 5.56 Å². The summed E-state index contributed by atoms with van der Waals surface area (Å²) in [5.74, 6) is -0.678. The number of ether oxygens (including phenoxy) is 2. The van der Waals surface area contributed by atoms with Gasteiger partial charge in [0.25, 0.3) is 5.91 Å². The van der Waals surface area contributed by atoms with Gasteiger partial charge in [-0.1, -0.05) is 36.4 Å². The molecule has 0 unspecified atom stereocenters. The van der Waals surface area contributed by atoms with E-state index in [0.29, 0.717) is 11.3 Å². The van der Waals surface area contributed by atoms with Crippen LogP contribution < -0.4 is 10.1 Å². The third kappa shape index (κ3) is 5.19. The van der Waals surface area contributed by atoms with Gasteiger partial charge in [0.05, 0.1) is 6.04 Å². The zero-order valence-electron chi connectivity index (χ0n) is 15.8. The smallest absolute Gasteiger partial charge is 0.344 e. The molecule has 1 aliphatic carbocycles. The summed E-state index contributed by atoms with van der Waals surface area (Å²) in [6.07, 6.45) is 2.89. The molecule has 0 aliphatic heterocycles. The summed E-state index contributed by atoms with van der Waals surface area (Å²) in [7, 11) is 0. The molecular formula is C22H23NO5. The number of rotatable bonds is 7. The fourth-order valence-corrected chi connectivity index (χ4v) is 3.27. The van der Waals surface area contributed by atoms with Crippen molar-refractivity contribution < 1.29 is 23.9 Å². The second kappa shape index (κ2) is 9.17. The van der Waals surface area contributed by atoms with E-state index in [4.69, 9.17) is 9.47 Å². The summed E-state index contributed by atoms with van der Waals surface area (Å²) >= 11 is 0. The van der Waals surface area contributed by atoms with Gasteiger partial charge in [-0.05, 0) is 49.4 Å². The Hall–Kier alpha value is -3.15. The average molecular weight is 381 g/mol. The molecule has 0 bridgehead atoms. The molecule has 0 spiro atoms. The average Bonchev–Trinajstić information content (AvgIpc) is 2.71. The summed E-state index contributed by atoms with van der Waals surface area (Å²) in [6, 6.07) is 14.5. The lowest BCUT2D eigenvalue weighted by molar-refractivity contribution is -0.150. The maximum absolute atomic E-state index is 12.2. The molecule has 0 heterocycles. The number of amides is 1.